The third kappa shape index (κ3) is 5.37. The molecule has 0 saturated heterocycles. The van der Waals surface area contributed by atoms with Gasteiger partial charge in [0.25, 0.3) is 0 Å². The quantitative estimate of drug-likeness (QED) is 0.618. The van der Waals surface area contributed by atoms with Crippen molar-refractivity contribution < 1.29 is 17.9 Å². The Labute approximate surface area is 164 Å². The fourth-order valence-corrected chi connectivity index (χ4v) is 4.40. The molecule has 0 radical (unpaired) electrons. The summed E-state index contributed by atoms with van der Waals surface area (Å²) < 4.78 is 31.2. The van der Waals surface area contributed by atoms with Crippen LogP contribution in [0.5, 0.6) is 5.75 Å². The van der Waals surface area contributed by atoms with Gasteiger partial charge in [-0.2, -0.15) is 0 Å². The maximum atomic E-state index is 13.1. The Bertz CT molecular complexity index is 883. The number of sulfone groups is 1. The second-order valence-electron chi connectivity index (χ2n) is 5.85. The highest BCUT2D eigenvalue weighted by Gasteiger charge is 2.25. The van der Waals surface area contributed by atoms with Crippen molar-refractivity contribution in [3.05, 3.63) is 47.5 Å². The Morgan fingerprint density at radius 3 is 2.48 bits per heavy atom. The molecule has 0 heterocycles. The van der Waals surface area contributed by atoms with Crippen molar-refractivity contribution in [2.24, 2.45) is 0 Å². The molecule has 2 rings (SSSR count). The van der Waals surface area contributed by atoms with Gasteiger partial charge < -0.3 is 15.4 Å². The number of hydrogen-bond acceptors (Lipinski definition) is 5. The number of anilines is 1. The van der Waals surface area contributed by atoms with Crippen molar-refractivity contribution in [2.45, 2.75) is 29.6 Å². The first kappa shape index (κ1) is 21.1. The molecular weight excluding hydrogens is 388 g/mol. The lowest BCUT2D eigenvalue weighted by atomic mass is 10.3. The summed E-state index contributed by atoms with van der Waals surface area (Å²) in [6.07, 6.45) is 1.87. The van der Waals surface area contributed by atoms with E-state index in [0.717, 1.165) is 12.8 Å². The van der Waals surface area contributed by atoms with Crippen LogP contribution in [0.2, 0.25) is 5.02 Å². The Morgan fingerprint density at radius 1 is 1.15 bits per heavy atom. The predicted octanol–water partition coefficient (Wildman–Crippen LogP) is 3.51. The van der Waals surface area contributed by atoms with Gasteiger partial charge in [-0.05, 0) is 42.8 Å². The number of unbranched alkanes of at least 4 members (excludes halogenated alkanes) is 1. The molecule has 27 heavy (non-hydrogen) atoms. The van der Waals surface area contributed by atoms with E-state index in [-0.39, 0.29) is 33.0 Å². The molecule has 1 amide bonds. The van der Waals surface area contributed by atoms with Crippen LogP contribution >= 0.6 is 11.6 Å². The third-order valence-corrected chi connectivity index (χ3v) is 6.19. The number of nitrogens with one attached hydrogen (secondary N) is 2. The molecule has 0 spiro atoms. The lowest BCUT2D eigenvalue weighted by Crippen LogP contribution is -2.30. The molecular formula is C19H23ClN2O4S. The highest BCUT2D eigenvalue weighted by atomic mass is 35.5. The number of carbonyl (C=O) groups is 1. The van der Waals surface area contributed by atoms with Gasteiger partial charge >= 0.3 is 0 Å². The molecule has 8 heteroatoms. The number of ether oxygens (including phenoxy) is 1. The first-order valence-electron chi connectivity index (χ1n) is 8.58. The van der Waals surface area contributed by atoms with Crippen LogP contribution in [0.25, 0.3) is 0 Å². The molecule has 0 aliphatic carbocycles. The van der Waals surface area contributed by atoms with Crippen molar-refractivity contribution in [3.8, 4) is 5.75 Å². The van der Waals surface area contributed by atoms with Crippen LogP contribution in [-0.2, 0) is 14.6 Å². The van der Waals surface area contributed by atoms with E-state index in [1.807, 2.05) is 6.92 Å². The zero-order valence-electron chi connectivity index (χ0n) is 15.3. The van der Waals surface area contributed by atoms with E-state index >= 15 is 0 Å². The van der Waals surface area contributed by atoms with Gasteiger partial charge in [0.15, 0.2) is 0 Å². The summed E-state index contributed by atoms with van der Waals surface area (Å²) in [5.41, 5.74) is 0.281. The minimum atomic E-state index is -3.88. The van der Waals surface area contributed by atoms with Gasteiger partial charge in [-0.1, -0.05) is 31.0 Å². The Hall–Kier alpha value is -2.25. The van der Waals surface area contributed by atoms with E-state index in [4.69, 9.17) is 16.3 Å². The smallest absolute Gasteiger partial charge is 0.239 e. The van der Waals surface area contributed by atoms with Crippen LogP contribution in [0.4, 0.5) is 5.69 Å². The lowest BCUT2D eigenvalue weighted by molar-refractivity contribution is -0.119. The van der Waals surface area contributed by atoms with Gasteiger partial charge in [-0.25, -0.2) is 8.42 Å². The van der Waals surface area contributed by atoms with E-state index in [1.54, 1.807) is 24.3 Å². The molecule has 0 unspecified atom stereocenters. The predicted molar refractivity (Wildman–Crippen MR) is 106 cm³/mol. The fourth-order valence-electron chi connectivity index (χ4n) is 2.44. The van der Waals surface area contributed by atoms with Gasteiger partial charge in [0.05, 0.1) is 29.3 Å². The molecule has 0 atom stereocenters. The summed E-state index contributed by atoms with van der Waals surface area (Å²) in [6, 6.07) is 10.8. The van der Waals surface area contributed by atoms with Crippen molar-refractivity contribution in [1.29, 1.82) is 0 Å². The van der Waals surface area contributed by atoms with Gasteiger partial charge in [-0.3, -0.25) is 4.79 Å². The van der Waals surface area contributed by atoms with Crippen molar-refractivity contribution in [2.75, 3.05) is 25.5 Å². The summed E-state index contributed by atoms with van der Waals surface area (Å²) in [4.78, 5) is 11.9. The SMILES string of the molecule is CCCCNC(=O)CNc1cccc(Cl)c1S(=O)(=O)c1ccc(OC)cc1. The molecule has 0 aliphatic heterocycles. The summed E-state index contributed by atoms with van der Waals surface area (Å²) in [6.45, 7) is 2.57. The van der Waals surface area contributed by atoms with Gasteiger partial charge in [0.1, 0.15) is 10.6 Å². The number of carbonyl (C=O) groups excluding carboxylic acids is 1. The van der Waals surface area contributed by atoms with E-state index in [2.05, 4.69) is 10.6 Å². The monoisotopic (exact) mass is 410 g/mol. The normalized spacial score (nSPS) is 11.1. The Balaban J connectivity index is 2.26. The number of halogens is 1. The van der Waals surface area contributed by atoms with Crippen LogP contribution in [0.15, 0.2) is 52.3 Å². The molecule has 146 valence electrons. The highest BCUT2D eigenvalue weighted by molar-refractivity contribution is 7.91. The second-order valence-corrected chi connectivity index (χ2v) is 8.15. The summed E-state index contributed by atoms with van der Waals surface area (Å²) >= 11 is 6.20. The van der Waals surface area contributed by atoms with Crippen LogP contribution in [0, 0.1) is 0 Å². The highest BCUT2D eigenvalue weighted by Crippen LogP contribution is 2.34. The topological polar surface area (TPSA) is 84.5 Å². The molecule has 2 N–H and O–H groups in total. The van der Waals surface area contributed by atoms with E-state index in [1.165, 1.54) is 25.3 Å². The molecule has 6 nitrogen and oxygen atoms in total. The van der Waals surface area contributed by atoms with E-state index in [9.17, 15) is 13.2 Å². The molecule has 2 aromatic carbocycles. The minimum absolute atomic E-state index is 0.0464. The van der Waals surface area contributed by atoms with E-state index < -0.39 is 9.84 Å². The second kappa shape index (κ2) is 9.62. The molecule has 2 aromatic rings. The Kier molecular flexibility index (Phi) is 7.50. The third-order valence-electron chi connectivity index (χ3n) is 3.90. The minimum Gasteiger partial charge on any atom is -0.497 e. The molecule has 0 bridgehead atoms. The maximum absolute atomic E-state index is 13.1. The van der Waals surface area contributed by atoms with Crippen LogP contribution in [0.3, 0.4) is 0 Å². The molecule has 0 saturated carbocycles. The lowest BCUT2D eigenvalue weighted by Gasteiger charge is -2.14. The first-order chi connectivity index (χ1) is 12.9. The average molecular weight is 411 g/mol. The van der Waals surface area contributed by atoms with Crippen LogP contribution in [-0.4, -0.2) is 34.5 Å². The fraction of sp³-hybridized carbons (Fsp3) is 0.316. The molecule has 0 aliphatic rings. The summed E-state index contributed by atoms with van der Waals surface area (Å²) in [5, 5.41) is 5.74. The zero-order chi connectivity index (χ0) is 19.9. The largest absolute Gasteiger partial charge is 0.497 e. The summed E-state index contributed by atoms with van der Waals surface area (Å²) in [7, 11) is -2.37. The number of rotatable bonds is 9. The standard InChI is InChI=1S/C19H23ClN2O4S/c1-3-4-12-21-18(23)13-22-17-7-5-6-16(20)19(17)27(24,25)15-10-8-14(26-2)9-11-15/h5-11,22H,3-4,12-13H2,1-2H3,(H,21,23). The van der Waals surface area contributed by atoms with Crippen molar-refractivity contribution in [3.63, 3.8) is 0 Å². The van der Waals surface area contributed by atoms with Crippen LogP contribution in [0.1, 0.15) is 19.8 Å². The number of amides is 1. The van der Waals surface area contributed by atoms with Crippen molar-refractivity contribution >= 4 is 33.0 Å². The molecule has 0 aromatic heterocycles. The number of methoxy groups -OCH3 is 1. The average Bonchev–Trinajstić information content (AvgIpc) is 2.66. The van der Waals surface area contributed by atoms with Crippen molar-refractivity contribution in [1.82, 2.24) is 5.32 Å². The maximum Gasteiger partial charge on any atom is 0.239 e. The number of benzene rings is 2. The van der Waals surface area contributed by atoms with Gasteiger partial charge in [0, 0.05) is 6.54 Å². The van der Waals surface area contributed by atoms with Gasteiger partial charge in [0.2, 0.25) is 15.7 Å². The summed E-state index contributed by atoms with van der Waals surface area (Å²) in [5.74, 6) is 0.339. The molecule has 0 fully saturated rings. The zero-order valence-corrected chi connectivity index (χ0v) is 16.9. The Morgan fingerprint density at radius 2 is 1.85 bits per heavy atom. The first-order valence-corrected chi connectivity index (χ1v) is 10.4. The van der Waals surface area contributed by atoms with E-state index in [0.29, 0.717) is 12.3 Å². The number of hydrogen-bond donors (Lipinski definition) is 2. The van der Waals surface area contributed by atoms with Gasteiger partial charge in [-0.15, -0.1) is 0 Å². The van der Waals surface area contributed by atoms with Crippen LogP contribution < -0.4 is 15.4 Å².